The van der Waals surface area contributed by atoms with E-state index < -0.39 is 9.84 Å². The first-order chi connectivity index (χ1) is 13.7. The second kappa shape index (κ2) is 7.18. The van der Waals surface area contributed by atoms with Crippen LogP contribution in [0.2, 0.25) is 10.0 Å². The normalized spacial score (nSPS) is 11.7. The highest BCUT2D eigenvalue weighted by Crippen LogP contribution is 2.35. The van der Waals surface area contributed by atoms with Crippen LogP contribution in [0.4, 0.5) is 17.5 Å². The SMILES string of the molecule is CS(=O)(=O)c1ccc(Nc2nc(-c3c(Cl)cccc3Cl)nc3[nH]c(N)nc23)cc1. The molecule has 0 atom stereocenters. The molecule has 4 aromatic rings. The van der Waals surface area contributed by atoms with E-state index in [0.717, 1.165) is 6.26 Å². The second-order valence-electron chi connectivity index (χ2n) is 6.23. The molecule has 0 fully saturated rings. The molecule has 148 valence electrons. The number of benzene rings is 2. The van der Waals surface area contributed by atoms with Crippen LogP contribution in [0.1, 0.15) is 0 Å². The fourth-order valence-corrected chi connectivity index (χ4v) is 3.95. The van der Waals surface area contributed by atoms with Crippen molar-refractivity contribution in [1.82, 2.24) is 19.9 Å². The molecule has 0 aliphatic rings. The smallest absolute Gasteiger partial charge is 0.199 e. The molecule has 2 heterocycles. The molecule has 0 radical (unpaired) electrons. The number of hydrogen-bond donors (Lipinski definition) is 3. The number of rotatable bonds is 4. The van der Waals surface area contributed by atoms with Crippen LogP contribution in [0, 0.1) is 0 Å². The van der Waals surface area contributed by atoms with E-state index in [1.807, 2.05) is 0 Å². The van der Waals surface area contributed by atoms with E-state index in [4.69, 9.17) is 28.9 Å². The van der Waals surface area contributed by atoms with Crippen molar-refractivity contribution < 1.29 is 8.42 Å². The molecule has 0 bridgehead atoms. The van der Waals surface area contributed by atoms with Crippen LogP contribution in [0.5, 0.6) is 0 Å². The fourth-order valence-electron chi connectivity index (χ4n) is 2.75. The fraction of sp³-hybridized carbons (Fsp3) is 0.0556. The van der Waals surface area contributed by atoms with Crippen molar-refractivity contribution in [2.24, 2.45) is 0 Å². The van der Waals surface area contributed by atoms with E-state index in [-0.39, 0.29) is 16.7 Å². The number of nitrogens with two attached hydrogens (primary N) is 1. The first-order valence-corrected chi connectivity index (χ1v) is 10.9. The molecule has 0 amide bonds. The van der Waals surface area contributed by atoms with Gasteiger partial charge in [-0.05, 0) is 36.4 Å². The topological polar surface area (TPSA) is 127 Å². The highest BCUT2D eigenvalue weighted by molar-refractivity contribution is 7.90. The Morgan fingerprint density at radius 1 is 1.00 bits per heavy atom. The quantitative estimate of drug-likeness (QED) is 0.429. The number of anilines is 3. The van der Waals surface area contributed by atoms with Gasteiger partial charge >= 0.3 is 0 Å². The lowest BCUT2D eigenvalue weighted by molar-refractivity contribution is 0.602. The number of aromatic nitrogens is 4. The van der Waals surface area contributed by atoms with Gasteiger partial charge in [0.1, 0.15) is 0 Å². The van der Waals surface area contributed by atoms with E-state index in [0.29, 0.717) is 38.3 Å². The lowest BCUT2D eigenvalue weighted by Crippen LogP contribution is -2.01. The Kier molecular flexibility index (Phi) is 4.81. The number of aromatic amines is 1. The minimum atomic E-state index is -3.29. The van der Waals surface area contributed by atoms with Crippen molar-refractivity contribution in [2.75, 3.05) is 17.3 Å². The Morgan fingerprint density at radius 2 is 1.66 bits per heavy atom. The van der Waals surface area contributed by atoms with Crippen molar-refractivity contribution in [3.63, 3.8) is 0 Å². The van der Waals surface area contributed by atoms with Gasteiger partial charge in [-0.15, -0.1) is 0 Å². The van der Waals surface area contributed by atoms with Crippen LogP contribution < -0.4 is 11.1 Å². The molecule has 2 aromatic heterocycles. The number of halogens is 2. The Morgan fingerprint density at radius 3 is 2.28 bits per heavy atom. The van der Waals surface area contributed by atoms with Gasteiger partial charge in [0, 0.05) is 11.9 Å². The Bertz CT molecular complexity index is 1320. The van der Waals surface area contributed by atoms with Crippen LogP contribution in [0.25, 0.3) is 22.6 Å². The molecule has 29 heavy (non-hydrogen) atoms. The van der Waals surface area contributed by atoms with Crippen LogP contribution in [0.15, 0.2) is 47.4 Å². The van der Waals surface area contributed by atoms with E-state index in [9.17, 15) is 8.42 Å². The standard InChI is InChI=1S/C18H14Cl2N6O2S/c1-29(27,28)10-7-5-9(6-8-10)22-16-14-17(26-18(21)23-14)25-15(24-16)13-11(19)3-2-4-12(13)20/h2-8H,1H3,(H4,21,22,23,24,25,26). The van der Waals surface area contributed by atoms with Crippen LogP contribution >= 0.6 is 23.2 Å². The van der Waals surface area contributed by atoms with Gasteiger partial charge in [0.2, 0.25) is 0 Å². The lowest BCUT2D eigenvalue weighted by atomic mass is 10.2. The van der Waals surface area contributed by atoms with Crippen molar-refractivity contribution in [2.45, 2.75) is 4.90 Å². The monoisotopic (exact) mass is 448 g/mol. The summed E-state index contributed by atoms with van der Waals surface area (Å²) < 4.78 is 23.3. The van der Waals surface area contributed by atoms with Crippen molar-refractivity contribution >= 4 is 61.7 Å². The third-order valence-electron chi connectivity index (χ3n) is 4.09. The summed E-state index contributed by atoms with van der Waals surface area (Å²) in [5.74, 6) is 0.820. The zero-order valence-electron chi connectivity index (χ0n) is 14.9. The molecule has 11 heteroatoms. The number of nitrogen functional groups attached to an aromatic ring is 1. The summed E-state index contributed by atoms with van der Waals surface area (Å²) in [6.07, 6.45) is 1.15. The molecule has 0 unspecified atom stereocenters. The maximum Gasteiger partial charge on any atom is 0.199 e. The summed E-state index contributed by atoms with van der Waals surface area (Å²) in [6.45, 7) is 0. The number of nitrogens with one attached hydrogen (secondary N) is 2. The molecule has 4 N–H and O–H groups in total. The molecule has 8 nitrogen and oxygen atoms in total. The van der Waals surface area contributed by atoms with Crippen molar-refractivity contribution in [1.29, 1.82) is 0 Å². The maximum atomic E-state index is 11.7. The molecular formula is C18H14Cl2N6O2S. The van der Waals surface area contributed by atoms with Gasteiger partial charge in [0.05, 0.1) is 20.5 Å². The van der Waals surface area contributed by atoms with Crippen LogP contribution in [-0.2, 0) is 9.84 Å². The molecule has 0 saturated carbocycles. The molecule has 4 rings (SSSR count). The maximum absolute atomic E-state index is 11.7. The second-order valence-corrected chi connectivity index (χ2v) is 9.06. The van der Waals surface area contributed by atoms with E-state index >= 15 is 0 Å². The molecule has 0 aliphatic carbocycles. The highest BCUT2D eigenvalue weighted by Gasteiger charge is 2.17. The summed E-state index contributed by atoms with van der Waals surface area (Å²) in [4.78, 5) is 16.3. The first-order valence-electron chi connectivity index (χ1n) is 8.27. The lowest BCUT2D eigenvalue weighted by Gasteiger charge is -2.10. The number of hydrogen-bond acceptors (Lipinski definition) is 7. The molecule has 0 saturated heterocycles. The van der Waals surface area contributed by atoms with Gasteiger partial charge in [0.25, 0.3) is 0 Å². The predicted molar refractivity (Wildman–Crippen MR) is 114 cm³/mol. The van der Waals surface area contributed by atoms with Crippen molar-refractivity contribution in [3.05, 3.63) is 52.5 Å². The average Bonchev–Trinajstić information content (AvgIpc) is 3.02. The Balaban J connectivity index is 1.83. The number of H-pyrrole nitrogens is 1. The largest absolute Gasteiger partial charge is 0.369 e. The summed E-state index contributed by atoms with van der Waals surface area (Å²) in [7, 11) is -3.29. The van der Waals surface area contributed by atoms with E-state index in [1.54, 1.807) is 30.3 Å². The summed E-state index contributed by atoms with van der Waals surface area (Å²) in [6, 6.07) is 11.4. The van der Waals surface area contributed by atoms with Gasteiger partial charge in [-0.1, -0.05) is 29.3 Å². The summed E-state index contributed by atoms with van der Waals surface area (Å²) in [5, 5.41) is 3.91. The number of sulfone groups is 1. The van der Waals surface area contributed by atoms with E-state index in [1.165, 1.54) is 12.1 Å². The number of nitrogens with zero attached hydrogens (tertiary/aromatic N) is 3. The predicted octanol–water partition coefficient (Wildman–Crippen LogP) is 4.06. The van der Waals surface area contributed by atoms with E-state index in [2.05, 4.69) is 25.3 Å². The van der Waals surface area contributed by atoms with Gasteiger partial charge in [-0.25, -0.2) is 23.4 Å². The minimum absolute atomic E-state index is 0.173. The number of fused-ring (bicyclic) bond motifs is 1. The van der Waals surface area contributed by atoms with Crippen molar-refractivity contribution in [3.8, 4) is 11.4 Å². The average molecular weight is 449 g/mol. The molecule has 0 spiro atoms. The molecular weight excluding hydrogens is 435 g/mol. The first kappa shape index (κ1) is 19.4. The molecule has 2 aromatic carbocycles. The van der Waals surface area contributed by atoms with Crippen LogP contribution in [-0.4, -0.2) is 34.6 Å². The van der Waals surface area contributed by atoms with Gasteiger partial charge in [-0.2, -0.15) is 0 Å². The van der Waals surface area contributed by atoms with Gasteiger partial charge < -0.3 is 16.0 Å². The van der Waals surface area contributed by atoms with Gasteiger partial charge in [0.15, 0.2) is 38.6 Å². The third-order valence-corrected chi connectivity index (χ3v) is 5.85. The summed E-state index contributed by atoms with van der Waals surface area (Å²) in [5.41, 5.74) is 7.69. The van der Waals surface area contributed by atoms with Crippen LogP contribution in [0.3, 0.4) is 0 Å². The number of imidazole rings is 1. The third kappa shape index (κ3) is 3.84. The zero-order valence-corrected chi connectivity index (χ0v) is 17.3. The Hall–Kier alpha value is -2.88. The molecule has 0 aliphatic heterocycles. The highest BCUT2D eigenvalue weighted by atomic mass is 35.5. The minimum Gasteiger partial charge on any atom is -0.369 e. The van der Waals surface area contributed by atoms with Gasteiger partial charge in [-0.3, -0.25) is 0 Å². The zero-order chi connectivity index (χ0) is 20.8. The Labute approximate surface area is 176 Å². The summed E-state index contributed by atoms with van der Waals surface area (Å²) >= 11 is 12.6.